The highest BCUT2D eigenvalue weighted by Crippen LogP contribution is 2.34. The predicted molar refractivity (Wildman–Crippen MR) is 55.3 cm³/mol. The van der Waals surface area contributed by atoms with Crippen LogP contribution in [-0.4, -0.2) is 4.92 Å². The Kier molecular flexibility index (Phi) is 2.19. The number of rotatable bonds is 2. The van der Waals surface area contributed by atoms with Crippen molar-refractivity contribution < 1.29 is 9.66 Å². The number of benzene rings is 1. The van der Waals surface area contributed by atoms with Crippen molar-refractivity contribution in [1.29, 1.82) is 0 Å². The van der Waals surface area contributed by atoms with E-state index in [0.29, 0.717) is 0 Å². The first-order valence-electron chi connectivity index (χ1n) is 4.70. The summed E-state index contributed by atoms with van der Waals surface area (Å²) in [5.41, 5.74) is 0.696. The first kappa shape index (κ1) is 9.71. The van der Waals surface area contributed by atoms with Crippen molar-refractivity contribution >= 4 is 5.69 Å². The van der Waals surface area contributed by atoms with Gasteiger partial charge in [0.05, 0.1) is 11.2 Å². The molecule has 1 aliphatic rings. The molecule has 4 nitrogen and oxygen atoms in total. The highest BCUT2D eigenvalue weighted by atomic mass is 16.6. The highest BCUT2D eigenvalue weighted by Gasteiger charge is 2.29. The van der Waals surface area contributed by atoms with E-state index in [1.165, 1.54) is 12.1 Å². The molecule has 1 aromatic rings. The fourth-order valence-corrected chi connectivity index (χ4v) is 1.64. The molecule has 0 bridgehead atoms. The summed E-state index contributed by atoms with van der Waals surface area (Å²) in [5.74, 6) is 0. The third-order valence-electron chi connectivity index (χ3n) is 2.62. The second kappa shape index (κ2) is 3.38. The van der Waals surface area contributed by atoms with Crippen molar-refractivity contribution in [2.45, 2.75) is 18.9 Å². The van der Waals surface area contributed by atoms with E-state index in [2.05, 4.69) is 0 Å². The Bertz CT molecular complexity index is 400. The first-order chi connectivity index (χ1) is 7.12. The Labute approximate surface area is 87.3 Å². The van der Waals surface area contributed by atoms with Gasteiger partial charge < -0.3 is 4.74 Å². The maximum Gasteiger partial charge on any atom is 0.269 e. The summed E-state index contributed by atoms with van der Waals surface area (Å²) in [6, 6.07) is 6.49. The van der Waals surface area contributed by atoms with E-state index < -0.39 is 4.92 Å². The standard InChI is InChI=1S/C11H11NO3/c1-11(7-2-8-15-11)9-3-5-10(6-4-9)12(13)14/h2-6,8H,7H2,1H3/t11-/m1/s1. The summed E-state index contributed by atoms with van der Waals surface area (Å²) in [7, 11) is 0. The molecule has 78 valence electrons. The van der Waals surface area contributed by atoms with Crippen molar-refractivity contribution in [1.82, 2.24) is 0 Å². The van der Waals surface area contributed by atoms with E-state index in [1.54, 1.807) is 18.4 Å². The summed E-state index contributed by atoms with van der Waals surface area (Å²) in [6.45, 7) is 1.97. The van der Waals surface area contributed by atoms with Crippen molar-refractivity contribution in [3.8, 4) is 0 Å². The van der Waals surface area contributed by atoms with Gasteiger partial charge in [-0.3, -0.25) is 10.1 Å². The molecule has 0 spiro atoms. The van der Waals surface area contributed by atoms with Crippen LogP contribution in [0.25, 0.3) is 0 Å². The molecule has 1 atom stereocenters. The Morgan fingerprint density at radius 3 is 2.53 bits per heavy atom. The van der Waals surface area contributed by atoms with Crippen LogP contribution in [0, 0.1) is 10.1 Å². The molecule has 15 heavy (non-hydrogen) atoms. The molecular weight excluding hydrogens is 194 g/mol. The quantitative estimate of drug-likeness (QED) is 0.551. The molecule has 1 heterocycles. The molecule has 0 radical (unpaired) electrons. The summed E-state index contributed by atoms with van der Waals surface area (Å²) >= 11 is 0. The van der Waals surface area contributed by atoms with Gasteiger partial charge in [-0.15, -0.1) is 0 Å². The average molecular weight is 205 g/mol. The van der Waals surface area contributed by atoms with Crippen molar-refractivity contribution in [2.75, 3.05) is 0 Å². The molecule has 0 aliphatic carbocycles. The molecule has 1 aliphatic heterocycles. The van der Waals surface area contributed by atoms with Crippen LogP contribution in [0.2, 0.25) is 0 Å². The van der Waals surface area contributed by atoms with Gasteiger partial charge in [0, 0.05) is 18.6 Å². The molecule has 1 aromatic carbocycles. The molecule has 0 saturated carbocycles. The van der Waals surface area contributed by atoms with Crippen LogP contribution in [0.1, 0.15) is 18.9 Å². The van der Waals surface area contributed by atoms with Crippen LogP contribution >= 0.6 is 0 Å². The maximum atomic E-state index is 10.5. The second-order valence-electron chi connectivity index (χ2n) is 3.73. The Hall–Kier alpha value is -1.84. The fraction of sp³-hybridized carbons (Fsp3) is 0.273. The van der Waals surface area contributed by atoms with Gasteiger partial charge in [0.15, 0.2) is 0 Å². The molecule has 0 unspecified atom stereocenters. The lowest BCUT2D eigenvalue weighted by atomic mass is 9.93. The maximum absolute atomic E-state index is 10.5. The SMILES string of the molecule is C[C@]1(c2ccc([N+](=O)[O-])cc2)CC=CO1. The predicted octanol–water partition coefficient (Wildman–Crippen LogP) is 2.74. The summed E-state index contributed by atoms with van der Waals surface area (Å²) in [4.78, 5) is 10.1. The lowest BCUT2D eigenvalue weighted by molar-refractivity contribution is -0.384. The zero-order valence-electron chi connectivity index (χ0n) is 8.34. The number of hydrogen-bond donors (Lipinski definition) is 0. The number of hydrogen-bond acceptors (Lipinski definition) is 3. The number of non-ortho nitro benzene ring substituents is 1. The minimum absolute atomic E-state index is 0.105. The normalized spacial score (nSPS) is 23.8. The molecule has 0 fully saturated rings. The van der Waals surface area contributed by atoms with Gasteiger partial charge >= 0.3 is 0 Å². The van der Waals surface area contributed by atoms with Gasteiger partial charge in [0.25, 0.3) is 5.69 Å². The molecule has 0 N–H and O–H groups in total. The number of nitro groups is 1. The van der Waals surface area contributed by atoms with Gasteiger partial charge in [0.2, 0.25) is 0 Å². The van der Waals surface area contributed by atoms with E-state index in [1.807, 2.05) is 13.0 Å². The minimum Gasteiger partial charge on any atom is -0.490 e. The second-order valence-corrected chi connectivity index (χ2v) is 3.73. The summed E-state index contributed by atoms with van der Waals surface area (Å²) in [5, 5.41) is 10.5. The Morgan fingerprint density at radius 1 is 1.40 bits per heavy atom. The third-order valence-corrected chi connectivity index (χ3v) is 2.62. The third kappa shape index (κ3) is 1.70. The van der Waals surface area contributed by atoms with Gasteiger partial charge in [0.1, 0.15) is 5.60 Å². The van der Waals surface area contributed by atoms with Crippen molar-refractivity contribution in [3.05, 3.63) is 52.3 Å². The van der Waals surface area contributed by atoms with Gasteiger partial charge in [-0.1, -0.05) is 0 Å². The van der Waals surface area contributed by atoms with E-state index in [9.17, 15) is 10.1 Å². The Morgan fingerprint density at radius 2 is 2.07 bits per heavy atom. The van der Waals surface area contributed by atoms with Crippen molar-refractivity contribution in [2.24, 2.45) is 0 Å². The van der Waals surface area contributed by atoms with Crippen LogP contribution in [-0.2, 0) is 10.3 Å². The molecule has 2 rings (SSSR count). The summed E-state index contributed by atoms with van der Waals surface area (Å²) < 4.78 is 5.48. The van der Waals surface area contributed by atoms with E-state index in [0.717, 1.165) is 12.0 Å². The first-order valence-corrected chi connectivity index (χ1v) is 4.70. The van der Waals surface area contributed by atoms with Gasteiger partial charge in [-0.2, -0.15) is 0 Å². The molecule has 0 saturated heterocycles. The van der Waals surface area contributed by atoms with Gasteiger partial charge in [-0.05, 0) is 30.7 Å². The zero-order valence-corrected chi connectivity index (χ0v) is 8.34. The lowest BCUT2D eigenvalue weighted by Gasteiger charge is -2.23. The van der Waals surface area contributed by atoms with E-state index >= 15 is 0 Å². The van der Waals surface area contributed by atoms with Crippen molar-refractivity contribution in [3.63, 3.8) is 0 Å². The van der Waals surface area contributed by atoms with E-state index in [-0.39, 0.29) is 11.3 Å². The van der Waals surface area contributed by atoms with Crippen LogP contribution in [0.3, 0.4) is 0 Å². The molecule has 0 amide bonds. The number of nitro benzene ring substituents is 1. The lowest BCUT2D eigenvalue weighted by Crippen LogP contribution is -2.19. The van der Waals surface area contributed by atoms with Crippen LogP contribution in [0.4, 0.5) is 5.69 Å². The van der Waals surface area contributed by atoms with Gasteiger partial charge in [-0.25, -0.2) is 0 Å². The van der Waals surface area contributed by atoms with Crippen LogP contribution < -0.4 is 0 Å². The molecular formula is C11H11NO3. The minimum atomic E-state index is -0.403. The largest absolute Gasteiger partial charge is 0.490 e. The monoisotopic (exact) mass is 205 g/mol. The summed E-state index contributed by atoms with van der Waals surface area (Å²) in [6.07, 6.45) is 4.41. The highest BCUT2D eigenvalue weighted by molar-refractivity contribution is 5.36. The topological polar surface area (TPSA) is 52.4 Å². The number of nitrogens with zero attached hydrogens (tertiary/aromatic N) is 1. The smallest absolute Gasteiger partial charge is 0.269 e. The molecule has 0 aromatic heterocycles. The zero-order chi connectivity index (χ0) is 10.9. The van der Waals surface area contributed by atoms with Crippen LogP contribution in [0.5, 0.6) is 0 Å². The Balaban J connectivity index is 2.27. The molecule has 4 heteroatoms. The van der Waals surface area contributed by atoms with E-state index in [4.69, 9.17) is 4.74 Å². The average Bonchev–Trinajstić information content (AvgIpc) is 2.67. The number of ether oxygens (including phenoxy) is 1. The fourth-order valence-electron chi connectivity index (χ4n) is 1.64. The van der Waals surface area contributed by atoms with Crippen LogP contribution in [0.15, 0.2) is 36.6 Å².